The van der Waals surface area contributed by atoms with E-state index in [0.29, 0.717) is 18.5 Å². The first-order valence-corrected chi connectivity index (χ1v) is 12.4. The van der Waals surface area contributed by atoms with Crippen LogP contribution in [0.2, 0.25) is 0 Å². The highest BCUT2D eigenvalue weighted by atomic mass is 32.2. The molecule has 1 unspecified atom stereocenters. The van der Waals surface area contributed by atoms with Crippen LogP contribution in [0, 0.1) is 0 Å². The number of fused-ring (bicyclic) bond motifs is 1. The number of allylic oxidation sites excluding steroid dienone is 1. The summed E-state index contributed by atoms with van der Waals surface area (Å²) < 4.78 is 0. The van der Waals surface area contributed by atoms with E-state index in [2.05, 4.69) is 46.7 Å². The molecule has 158 valence electrons. The van der Waals surface area contributed by atoms with Crippen molar-refractivity contribution in [2.24, 2.45) is 0 Å². The van der Waals surface area contributed by atoms with Crippen molar-refractivity contribution >= 4 is 17.7 Å². The summed E-state index contributed by atoms with van der Waals surface area (Å²) >= 11 is 2.00. The average molecular weight is 414 g/mol. The summed E-state index contributed by atoms with van der Waals surface area (Å²) in [6.07, 6.45) is 9.64. The van der Waals surface area contributed by atoms with E-state index < -0.39 is 0 Å². The highest BCUT2D eigenvalue weighted by Crippen LogP contribution is 2.37. The van der Waals surface area contributed by atoms with Crippen molar-refractivity contribution in [2.75, 3.05) is 19.0 Å². The number of unbranched alkanes of at least 4 members (excludes halogenated alkanes) is 1. The van der Waals surface area contributed by atoms with Gasteiger partial charge in [-0.25, -0.2) is 0 Å². The van der Waals surface area contributed by atoms with Crippen LogP contribution in [0.1, 0.15) is 63.0 Å². The molecule has 0 spiro atoms. The number of amides is 1. The summed E-state index contributed by atoms with van der Waals surface area (Å²) in [6, 6.07) is 9.54. The first kappa shape index (κ1) is 20.8. The van der Waals surface area contributed by atoms with Crippen LogP contribution >= 0.6 is 11.8 Å². The van der Waals surface area contributed by atoms with Crippen molar-refractivity contribution in [1.29, 1.82) is 0 Å². The predicted molar refractivity (Wildman–Crippen MR) is 122 cm³/mol. The Hall–Kier alpha value is -1.46. The van der Waals surface area contributed by atoms with E-state index in [1.807, 2.05) is 11.8 Å². The Bertz CT molecular complexity index is 722. The fourth-order valence-corrected chi connectivity index (χ4v) is 6.15. The molecule has 4 rings (SSSR count). The van der Waals surface area contributed by atoms with E-state index in [1.54, 1.807) is 4.91 Å². The van der Waals surface area contributed by atoms with Gasteiger partial charge in [0.25, 0.3) is 0 Å². The maximum absolute atomic E-state index is 12.4. The number of benzene rings is 1. The molecule has 1 heterocycles. The van der Waals surface area contributed by atoms with Crippen molar-refractivity contribution in [2.45, 2.75) is 76.8 Å². The number of thioether (sulfide) groups is 1. The van der Waals surface area contributed by atoms with Crippen LogP contribution in [-0.2, 0) is 17.6 Å². The first-order chi connectivity index (χ1) is 14.2. The summed E-state index contributed by atoms with van der Waals surface area (Å²) in [4.78, 5) is 16.7. The molecule has 1 amide bonds. The number of rotatable bonds is 9. The highest BCUT2D eigenvalue weighted by molar-refractivity contribution is 8.03. The lowest BCUT2D eigenvalue weighted by Gasteiger charge is -2.34. The number of nitrogens with one attached hydrogen (secondary N) is 2. The van der Waals surface area contributed by atoms with Gasteiger partial charge in [-0.2, -0.15) is 0 Å². The van der Waals surface area contributed by atoms with Gasteiger partial charge in [0, 0.05) is 29.1 Å². The minimum absolute atomic E-state index is 0.228. The second-order valence-electron chi connectivity index (χ2n) is 8.70. The molecule has 5 heteroatoms. The zero-order valence-electron chi connectivity index (χ0n) is 17.7. The molecule has 0 aromatic heterocycles. The van der Waals surface area contributed by atoms with Crippen molar-refractivity contribution < 1.29 is 4.79 Å². The van der Waals surface area contributed by atoms with Crippen molar-refractivity contribution in [3.63, 3.8) is 0 Å². The van der Waals surface area contributed by atoms with Gasteiger partial charge in [-0.15, -0.1) is 11.8 Å². The van der Waals surface area contributed by atoms with Crippen molar-refractivity contribution in [1.82, 2.24) is 15.5 Å². The normalized spacial score (nSPS) is 21.2. The van der Waals surface area contributed by atoms with Gasteiger partial charge in [0.2, 0.25) is 5.91 Å². The molecular formula is C24H35N3OS. The molecule has 0 radical (unpaired) electrons. The number of nitrogens with zero attached hydrogens (tertiary/aromatic N) is 1. The van der Waals surface area contributed by atoms with E-state index in [9.17, 15) is 4.79 Å². The Balaban J connectivity index is 1.16. The minimum Gasteiger partial charge on any atom is -0.378 e. The van der Waals surface area contributed by atoms with Crippen LogP contribution in [-0.4, -0.2) is 41.9 Å². The van der Waals surface area contributed by atoms with Gasteiger partial charge < -0.3 is 15.5 Å². The van der Waals surface area contributed by atoms with E-state index in [-0.39, 0.29) is 5.91 Å². The molecule has 4 nitrogen and oxygen atoms in total. The molecule has 3 aliphatic rings. The molecule has 0 fully saturated rings. The van der Waals surface area contributed by atoms with Crippen LogP contribution in [0.5, 0.6) is 0 Å². The predicted octanol–water partition coefficient (Wildman–Crippen LogP) is 4.21. The summed E-state index contributed by atoms with van der Waals surface area (Å²) in [5.41, 5.74) is 4.30. The molecule has 0 saturated heterocycles. The number of carbonyl (C=O) groups excluding carboxylic acids is 1. The summed E-state index contributed by atoms with van der Waals surface area (Å²) in [5, 5.41) is 6.79. The largest absolute Gasteiger partial charge is 0.378 e. The third kappa shape index (κ3) is 5.37. The van der Waals surface area contributed by atoms with Gasteiger partial charge in [0.15, 0.2) is 0 Å². The Kier molecular flexibility index (Phi) is 7.20. The monoisotopic (exact) mass is 413 g/mol. The van der Waals surface area contributed by atoms with Gasteiger partial charge >= 0.3 is 0 Å². The number of hydrogen-bond donors (Lipinski definition) is 2. The van der Waals surface area contributed by atoms with E-state index in [4.69, 9.17) is 0 Å². The SMILES string of the molecule is CCCN(CCCCC(=O)NC1Cc2ccccc2C1)C1CCC2=C(C1)SCN2. The van der Waals surface area contributed by atoms with Gasteiger partial charge in [0.05, 0.1) is 5.88 Å². The maximum atomic E-state index is 12.4. The van der Waals surface area contributed by atoms with Crippen LogP contribution in [0.15, 0.2) is 34.9 Å². The number of carbonyl (C=O) groups is 1. The molecule has 1 aromatic rings. The van der Waals surface area contributed by atoms with Crippen LogP contribution in [0.4, 0.5) is 0 Å². The third-order valence-corrected chi connectivity index (χ3v) is 7.61. The molecule has 0 saturated carbocycles. The second-order valence-corrected chi connectivity index (χ2v) is 9.77. The van der Waals surface area contributed by atoms with E-state index in [0.717, 1.165) is 38.1 Å². The minimum atomic E-state index is 0.228. The fourth-order valence-electron chi connectivity index (χ4n) is 5.07. The Labute approximate surface area is 179 Å². The number of hydrogen-bond acceptors (Lipinski definition) is 4. The van der Waals surface area contributed by atoms with Crippen molar-refractivity contribution in [3.05, 3.63) is 46.0 Å². The first-order valence-electron chi connectivity index (χ1n) is 11.4. The average Bonchev–Trinajstić information content (AvgIpc) is 3.35. The molecule has 1 aliphatic heterocycles. The van der Waals surface area contributed by atoms with Crippen LogP contribution in [0.25, 0.3) is 0 Å². The summed E-state index contributed by atoms with van der Waals surface area (Å²) in [7, 11) is 0. The molecule has 1 aromatic carbocycles. The van der Waals surface area contributed by atoms with Gasteiger partial charge in [0.1, 0.15) is 0 Å². The lowest BCUT2D eigenvalue weighted by atomic mass is 9.97. The third-order valence-electron chi connectivity index (χ3n) is 6.56. The molecule has 0 bridgehead atoms. The second kappa shape index (κ2) is 10.0. The Morgan fingerprint density at radius 1 is 1.17 bits per heavy atom. The molecule has 2 aliphatic carbocycles. The van der Waals surface area contributed by atoms with Gasteiger partial charge in [-0.05, 0) is 75.6 Å². The molecule has 1 atom stereocenters. The van der Waals surface area contributed by atoms with Gasteiger partial charge in [-0.1, -0.05) is 31.2 Å². The topological polar surface area (TPSA) is 44.4 Å². The van der Waals surface area contributed by atoms with Crippen molar-refractivity contribution in [3.8, 4) is 0 Å². The van der Waals surface area contributed by atoms with Crippen LogP contribution < -0.4 is 10.6 Å². The fraction of sp³-hybridized carbons (Fsp3) is 0.625. The zero-order valence-corrected chi connectivity index (χ0v) is 18.5. The van der Waals surface area contributed by atoms with E-state index in [1.165, 1.54) is 49.1 Å². The summed E-state index contributed by atoms with van der Waals surface area (Å²) in [6.45, 7) is 4.58. The Morgan fingerprint density at radius 2 is 1.97 bits per heavy atom. The zero-order chi connectivity index (χ0) is 20.1. The molecular weight excluding hydrogens is 378 g/mol. The Morgan fingerprint density at radius 3 is 2.72 bits per heavy atom. The lowest BCUT2D eigenvalue weighted by Crippen LogP contribution is -2.39. The standard InChI is InChI=1S/C24H35N3OS/c1-2-12-27(21-10-11-22-23(16-21)29-17-25-22)13-6-5-9-24(28)26-20-14-18-7-3-4-8-19(18)15-20/h3-4,7-8,20-21,25H,2,5-6,9-17H2,1H3,(H,26,28). The molecule has 29 heavy (non-hydrogen) atoms. The smallest absolute Gasteiger partial charge is 0.220 e. The molecule has 2 N–H and O–H groups in total. The van der Waals surface area contributed by atoms with Crippen LogP contribution in [0.3, 0.4) is 0 Å². The highest BCUT2D eigenvalue weighted by Gasteiger charge is 2.28. The van der Waals surface area contributed by atoms with Gasteiger partial charge in [-0.3, -0.25) is 4.79 Å². The summed E-state index contributed by atoms with van der Waals surface area (Å²) in [5.74, 6) is 1.29. The van der Waals surface area contributed by atoms with E-state index >= 15 is 0 Å². The maximum Gasteiger partial charge on any atom is 0.220 e. The lowest BCUT2D eigenvalue weighted by molar-refractivity contribution is -0.121. The quantitative estimate of drug-likeness (QED) is 0.595.